The van der Waals surface area contributed by atoms with Crippen LogP contribution in [-0.4, -0.2) is 43.3 Å². The van der Waals surface area contributed by atoms with Gasteiger partial charge in [0.25, 0.3) is 8.53 Å². The van der Waals surface area contributed by atoms with Crippen molar-refractivity contribution in [3.05, 3.63) is 274 Å². The molecule has 0 fully saturated rings. The summed E-state index contributed by atoms with van der Waals surface area (Å²) in [5, 5.41) is 9.63. The summed E-state index contributed by atoms with van der Waals surface area (Å²) in [6.07, 6.45) is 8.81. The Morgan fingerprint density at radius 3 is 1.22 bits per heavy atom. The van der Waals surface area contributed by atoms with Crippen molar-refractivity contribution in [2.45, 2.75) is 78.9 Å². The van der Waals surface area contributed by atoms with E-state index in [0.29, 0.717) is 0 Å². The number of benzene rings is 7. The van der Waals surface area contributed by atoms with Gasteiger partial charge >= 0.3 is 0 Å². The molecule has 3 aromatic heterocycles. The fourth-order valence-electron chi connectivity index (χ4n) is 11.9. The summed E-state index contributed by atoms with van der Waals surface area (Å²) in [4.78, 5) is 19.1. The quantitative estimate of drug-likeness (QED) is 0.0471. The van der Waals surface area contributed by atoms with Crippen LogP contribution < -0.4 is 0 Å². The van der Waals surface area contributed by atoms with Crippen LogP contribution in [-0.2, 0) is 32.6 Å². The van der Waals surface area contributed by atoms with E-state index in [1.165, 1.54) is 0 Å². The minimum atomic E-state index is -1.58. The van der Waals surface area contributed by atoms with Crippen LogP contribution in [0.25, 0.3) is 90.9 Å². The SMILES string of the molecule is Cc1ccc(C(OCc2cc(COP(OCCC#N)N(C(C)C)C(C)C)cc(-c3c4nc(c(-c5ccccc5)c5ccc([nH]5)c(-c5ccccc5)c5nc(c(-c6ccccc6)c6ccc3[nH]6)C=C5)C=C4)c2)(c2ccccc2)c2ccc(C)cc2)cc1. The molecule has 0 spiro atoms. The van der Waals surface area contributed by atoms with Crippen LogP contribution in [0.15, 0.2) is 212 Å². The molecule has 12 rings (SSSR count). The van der Waals surface area contributed by atoms with Crippen molar-refractivity contribution in [1.29, 1.82) is 5.26 Å². The van der Waals surface area contributed by atoms with Crippen molar-refractivity contribution in [1.82, 2.24) is 24.6 Å². The Kier molecular flexibility index (Phi) is 17.1. The number of nitrogens with one attached hydrogen (secondary N) is 2. The second-order valence-corrected chi connectivity index (χ2v) is 24.0. The minimum Gasteiger partial charge on any atom is -0.356 e. The molecule has 5 heterocycles. The number of H-pyrrole nitrogens is 2. The fraction of sp³-hybridized carbons (Fsp3) is 0.171. The summed E-state index contributed by atoms with van der Waals surface area (Å²) >= 11 is 0. The number of hydrogen-bond acceptors (Lipinski definition) is 7. The number of rotatable bonds is 19. The highest BCUT2D eigenvalue weighted by Crippen LogP contribution is 2.48. The van der Waals surface area contributed by atoms with Gasteiger partial charge < -0.3 is 23.8 Å². The maximum absolute atomic E-state index is 9.63. The van der Waals surface area contributed by atoms with Gasteiger partial charge in [-0.2, -0.15) is 5.26 Å². The molecule has 426 valence electrons. The number of ether oxygens (including phenoxy) is 1. The zero-order valence-corrected chi connectivity index (χ0v) is 50.4. The van der Waals surface area contributed by atoms with Crippen molar-refractivity contribution in [2.24, 2.45) is 0 Å². The number of nitriles is 1. The molecule has 1 unspecified atom stereocenters. The number of fused-ring (bicyclic) bond motifs is 8. The average Bonchev–Trinajstić information content (AvgIpc) is 2.53. The van der Waals surface area contributed by atoms with E-state index in [1.807, 2.05) is 18.2 Å². The minimum absolute atomic E-state index is 0.119. The van der Waals surface area contributed by atoms with Crippen molar-refractivity contribution in [2.75, 3.05) is 6.61 Å². The maximum atomic E-state index is 9.63. The Morgan fingerprint density at radius 2 is 0.826 bits per heavy atom. The first-order chi connectivity index (χ1) is 42.0. The Morgan fingerprint density at radius 1 is 0.453 bits per heavy atom. The van der Waals surface area contributed by atoms with Gasteiger partial charge in [-0.05, 0) is 152 Å². The number of aryl methyl sites for hydroxylation is 2. The van der Waals surface area contributed by atoms with E-state index in [4.69, 9.17) is 23.8 Å². The molecule has 2 aliphatic heterocycles. The van der Waals surface area contributed by atoms with Crippen molar-refractivity contribution < 1.29 is 13.8 Å². The second kappa shape index (κ2) is 25.6. The van der Waals surface area contributed by atoms with E-state index in [-0.39, 0.29) is 38.3 Å². The van der Waals surface area contributed by atoms with Crippen LogP contribution in [0.1, 0.15) is 95.8 Å². The average molecular weight is 1150 g/mol. The molecule has 0 radical (unpaired) electrons. The Hall–Kier alpha value is -9.10. The molecule has 0 amide bonds. The first-order valence-corrected chi connectivity index (χ1v) is 30.7. The molecular formula is C76H69N6O3P. The molecule has 0 aliphatic carbocycles. The van der Waals surface area contributed by atoms with Crippen LogP contribution in [0.2, 0.25) is 0 Å². The van der Waals surface area contributed by atoms with E-state index in [9.17, 15) is 5.26 Å². The lowest BCUT2D eigenvalue weighted by Gasteiger charge is -2.36. The van der Waals surface area contributed by atoms with Crippen molar-refractivity contribution >= 4 is 54.9 Å². The van der Waals surface area contributed by atoms with Gasteiger partial charge in [0.05, 0.1) is 55.1 Å². The third kappa shape index (κ3) is 12.0. The molecule has 2 N–H and O–H groups in total. The van der Waals surface area contributed by atoms with Gasteiger partial charge in [-0.1, -0.05) is 187 Å². The van der Waals surface area contributed by atoms with E-state index < -0.39 is 14.1 Å². The molecule has 0 saturated heterocycles. The van der Waals surface area contributed by atoms with Gasteiger partial charge in [-0.15, -0.1) is 0 Å². The maximum Gasteiger partial charge on any atom is 0.259 e. The van der Waals surface area contributed by atoms with Crippen LogP contribution in [0.3, 0.4) is 0 Å². The third-order valence-electron chi connectivity index (χ3n) is 15.8. The highest BCUT2D eigenvalue weighted by molar-refractivity contribution is 7.44. The summed E-state index contributed by atoms with van der Waals surface area (Å²) in [5.74, 6) is 0. The Balaban J connectivity index is 1.13. The molecule has 8 bridgehead atoms. The standard InChI is InChI=1S/C76H69N6O3P/c1-51(2)82(52(3)4)86(84-45-19-44-77)85-50-56-46-55(49-83-76(61-26-17-10-18-27-61,62-32-28-53(5)29-33-62)63-34-30-54(6)31-35-63)47-60(48-56)75-70-42-40-68(80-70)73(58-22-13-8-14-23-58)66-38-36-64(78-66)72(57-20-11-7-12-21-57)65-37-39-67(79-65)74(59-24-15-9-16-25-59)69-41-43-71(75)81-69/h7-18,20-43,46-48,51-52,78,81H,19,45,49-50H2,1-6H3. The van der Waals surface area contributed by atoms with Crippen molar-refractivity contribution in [3.63, 3.8) is 0 Å². The van der Waals surface area contributed by atoms with Gasteiger partial charge in [0.2, 0.25) is 0 Å². The fourth-order valence-corrected chi connectivity index (χ4v) is 13.5. The van der Waals surface area contributed by atoms with Crippen LogP contribution in [0, 0.1) is 25.2 Å². The first kappa shape index (κ1) is 57.3. The van der Waals surface area contributed by atoms with E-state index in [2.05, 4.69) is 281 Å². The molecule has 2 aliphatic rings. The van der Waals surface area contributed by atoms with Gasteiger partial charge in [0, 0.05) is 56.4 Å². The zero-order chi connectivity index (χ0) is 59.2. The summed E-state index contributed by atoms with van der Waals surface area (Å²) in [6, 6.07) is 77.3. The first-order valence-electron chi connectivity index (χ1n) is 29.6. The molecule has 10 heteroatoms. The number of aromatic amines is 2. The Bertz CT molecular complexity index is 4210. The lowest BCUT2D eigenvalue weighted by molar-refractivity contribution is 0.000197. The van der Waals surface area contributed by atoms with Crippen LogP contribution in [0.4, 0.5) is 0 Å². The molecule has 86 heavy (non-hydrogen) atoms. The Labute approximate surface area is 506 Å². The van der Waals surface area contributed by atoms with Gasteiger partial charge in [-0.3, -0.25) is 0 Å². The van der Waals surface area contributed by atoms with Crippen molar-refractivity contribution in [3.8, 4) is 50.6 Å². The third-order valence-corrected chi connectivity index (χ3v) is 17.9. The van der Waals surface area contributed by atoms with Crippen LogP contribution in [0.5, 0.6) is 0 Å². The van der Waals surface area contributed by atoms with Gasteiger partial charge in [-0.25, -0.2) is 14.6 Å². The number of nitrogens with zero attached hydrogens (tertiary/aromatic N) is 4. The summed E-state index contributed by atoms with van der Waals surface area (Å²) in [5.41, 5.74) is 21.0. The monoisotopic (exact) mass is 1140 g/mol. The topological polar surface area (TPSA) is 112 Å². The van der Waals surface area contributed by atoms with Crippen LogP contribution >= 0.6 is 8.53 Å². The summed E-state index contributed by atoms with van der Waals surface area (Å²) in [6.45, 7) is 13.6. The zero-order valence-electron chi connectivity index (χ0n) is 49.5. The normalized spacial score (nSPS) is 12.6. The molecule has 9 nitrogen and oxygen atoms in total. The lowest BCUT2D eigenvalue weighted by atomic mass is 9.79. The lowest BCUT2D eigenvalue weighted by Crippen LogP contribution is -2.33. The van der Waals surface area contributed by atoms with Gasteiger partial charge in [0.1, 0.15) is 5.60 Å². The molecule has 7 aromatic carbocycles. The molecular weight excluding hydrogens is 1080 g/mol. The second-order valence-electron chi connectivity index (χ2n) is 22.5. The predicted octanol–water partition coefficient (Wildman–Crippen LogP) is 19.2. The number of aromatic nitrogens is 4. The molecule has 10 aromatic rings. The predicted molar refractivity (Wildman–Crippen MR) is 354 cm³/mol. The highest BCUT2D eigenvalue weighted by atomic mass is 31.2. The molecule has 0 saturated carbocycles. The van der Waals surface area contributed by atoms with E-state index in [0.717, 1.165) is 128 Å². The highest BCUT2D eigenvalue weighted by Gasteiger charge is 2.38. The van der Waals surface area contributed by atoms with Gasteiger partial charge in [0.15, 0.2) is 0 Å². The summed E-state index contributed by atoms with van der Waals surface area (Å²) < 4.78 is 23.5. The van der Waals surface area contributed by atoms with E-state index in [1.54, 1.807) is 0 Å². The smallest absolute Gasteiger partial charge is 0.259 e. The largest absolute Gasteiger partial charge is 0.356 e. The number of hydrogen-bond donors (Lipinski definition) is 2. The summed E-state index contributed by atoms with van der Waals surface area (Å²) in [7, 11) is -1.58. The molecule has 1 atom stereocenters. The van der Waals surface area contributed by atoms with E-state index >= 15 is 0 Å².